The summed E-state index contributed by atoms with van der Waals surface area (Å²) in [5, 5.41) is 4.24. The van der Waals surface area contributed by atoms with Gasteiger partial charge in [-0.2, -0.15) is 5.10 Å². The fourth-order valence-corrected chi connectivity index (χ4v) is 4.49. The van der Waals surface area contributed by atoms with E-state index in [2.05, 4.69) is 22.1 Å². The number of hydrogen-bond donors (Lipinski definition) is 0. The minimum Gasteiger partial charge on any atom is -0.492 e. The zero-order chi connectivity index (χ0) is 19.5. The third kappa shape index (κ3) is 3.75. The summed E-state index contributed by atoms with van der Waals surface area (Å²) in [6, 6.07) is 12.1. The van der Waals surface area contributed by atoms with E-state index < -0.39 is 0 Å². The number of thiophene rings is 1. The molecule has 0 N–H and O–H groups in total. The summed E-state index contributed by atoms with van der Waals surface area (Å²) in [4.78, 5) is 19.2. The molecule has 1 fully saturated rings. The average Bonchev–Trinajstić information content (AvgIpc) is 3.35. The third-order valence-corrected chi connectivity index (χ3v) is 6.03. The van der Waals surface area contributed by atoms with E-state index in [-0.39, 0.29) is 5.91 Å². The molecule has 4 rings (SSSR count). The van der Waals surface area contributed by atoms with Gasteiger partial charge in [-0.3, -0.25) is 9.48 Å². The maximum Gasteiger partial charge on any atom is 0.267 e. The Morgan fingerprint density at radius 3 is 2.57 bits per heavy atom. The molecule has 146 valence electrons. The molecule has 0 saturated carbocycles. The zero-order valence-electron chi connectivity index (χ0n) is 16.2. The lowest BCUT2D eigenvalue weighted by molar-refractivity contribution is 0.0748. The molecule has 0 unspecified atom stereocenters. The highest BCUT2D eigenvalue weighted by Crippen LogP contribution is 2.37. The summed E-state index contributed by atoms with van der Waals surface area (Å²) < 4.78 is 7.59. The van der Waals surface area contributed by atoms with Crippen molar-refractivity contribution in [3.05, 3.63) is 53.7 Å². The summed E-state index contributed by atoms with van der Waals surface area (Å²) in [6.45, 7) is 5.48. The smallest absolute Gasteiger partial charge is 0.267 e. The van der Waals surface area contributed by atoms with Gasteiger partial charge >= 0.3 is 0 Å². The number of nitrogens with zero attached hydrogens (tertiary/aromatic N) is 4. The molecule has 0 atom stereocenters. The first-order chi connectivity index (χ1) is 13.7. The Bertz CT molecular complexity index is 942. The Kier molecular flexibility index (Phi) is 5.34. The van der Waals surface area contributed by atoms with Crippen LogP contribution in [0.5, 0.6) is 5.75 Å². The van der Waals surface area contributed by atoms with E-state index in [1.807, 2.05) is 55.5 Å². The van der Waals surface area contributed by atoms with Crippen molar-refractivity contribution in [2.45, 2.75) is 6.92 Å². The first-order valence-electron chi connectivity index (χ1n) is 9.50. The van der Waals surface area contributed by atoms with Crippen molar-refractivity contribution in [2.75, 3.05) is 37.7 Å². The first-order valence-corrected chi connectivity index (χ1v) is 10.3. The van der Waals surface area contributed by atoms with Crippen molar-refractivity contribution in [1.82, 2.24) is 14.7 Å². The van der Waals surface area contributed by atoms with Crippen LogP contribution in [-0.4, -0.2) is 53.4 Å². The molecule has 1 aliphatic heterocycles. The molecule has 28 heavy (non-hydrogen) atoms. The fraction of sp³-hybridized carbons (Fsp3) is 0.333. The second-order valence-electron chi connectivity index (χ2n) is 6.75. The maximum atomic E-state index is 13.2. The number of ether oxygens (including phenoxy) is 1. The van der Waals surface area contributed by atoms with Crippen LogP contribution in [0, 0.1) is 0 Å². The van der Waals surface area contributed by atoms with E-state index in [1.54, 1.807) is 4.68 Å². The van der Waals surface area contributed by atoms with Gasteiger partial charge in [0.05, 0.1) is 18.5 Å². The number of rotatable bonds is 5. The van der Waals surface area contributed by atoms with E-state index in [1.165, 1.54) is 11.3 Å². The Morgan fingerprint density at radius 2 is 1.93 bits per heavy atom. The Labute approximate surface area is 169 Å². The van der Waals surface area contributed by atoms with Gasteiger partial charge in [-0.15, -0.1) is 11.3 Å². The Hall–Kier alpha value is -2.80. The molecule has 1 aromatic carbocycles. The van der Waals surface area contributed by atoms with Gasteiger partial charge in [0.2, 0.25) is 0 Å². The van der Waals surface area contributed by atoms with E-state index in [9.17, 15) is 4.79 Å². The van der Waals surface area contributed by atoms with E-state index in [4.69, 9.17) is 4.74 Å². The predicted molar refractivity (Wildman–Crippen MR) is 112 cm³/mol. The van der Waals surface area contributed by atoms with Crippen molar-refractivity contribution in [3.8, 4) is 16.2 Å². The highest BCUT2D eigenvalue weighted by molar-refractivity contribution is 7.17. The molecule has 2 aromatic heterocycles. The lowest BCUT2D eigenvalue weighted by Crippen LogP contribution is -2.48. The molecular formula is C21H24N4O2S. The summed E-state index contributed by atoms with van der Waals surface area (Å²) in [7, 11) is 1.92. The van der Waals surface area contributed by atoms with Crippen LogP contribution in [0.3, 0.4) is 0 Å². The second-order valence-corrected chi connectivity index (χ2v) is 7.81. The highest BCUT2D eigenvalue weighted by atomic mass is 32.1. The number of anilines is 1. The van der Waals surface area contributed by atoms with Crippen LogP contribution < -0.4 is 9.64 Å². The zero-order valence-corrected chi connectivity index (χ0v) is 17.0. The fourth-order valence-electron chi connectivity index (χ4n) is 3.41. The van der Waals surface area contributed by atoms with Crippen molar-refractivity contribution in [3.63, 3.8) is 0 Å². The molecule has 3 heterocycles. The van der Waals surface area contributed by atoms with Gasteiger partial charge in [-0.1, -0.05) is 30.3 Å². The van der Waals surface area contributed by atoms with Gasteiger partial charge in [0, 0.05) is 44.3 Å². The summed E-state index contributed by atoms with van der Waals surface area (Å²) in [6.07, 6.45) is 3.88. The largest absolute Gasteiger partial charge is 0.492 e. The SMILES string of the molecule is CCOc1cc(-c2ccccc2)sc1C(=O)N1CCN(c2cnn(C)c2)CC1. The van der Waals surface area contributed by atoms with Crippen molar-refractivity contribution >= 4 is 22.9 Å². The predicted octanol–water partition coefficient (Wildman–Crippen LogP) is 3.51. The maximum absolute atomic E-state index is 13.2. The highest BCUT2D eigenvalue weighted by Gasteiger charge is 2.27. The van der Waals surface area contributed by atoms with E-state index in [0.717, 1.165) is 29.2 Å². The topological polar surface area (TPSA) is 50.6 Å². The molecule has 1 aliphatic rings. The molecule has 1 saturated heterocycles. The van der Waals surface area contributed by atoms with Crippen LogP contribution in [0.1, 0.15) is 16.6 Å². The average molecular weight is 397 g/mol. The Morgan fingerprint density at radius 1 is 1.18 bits per heavy atom. The van der Waals surface area contributed by atoms with Gasteiger partial charge in [0.15, 0.2) is 0 Å². The van der Waals surface area contributed by atoms with Gasteiger partial charge < -0.3 is 14.5 Å². The number of amides is 1. The number of hydrogen-bond acceptors (Lipinski definition) is 5. The van der Waals surface area contributed by atoms with Gasteiger partial charge in [-0.05, 0) is 18.6 Å². The van der Waals surface area contributed by atoms with Crippen LogP contribution in [0.15, 0.2) is 48.8 Å². The van der Waals surface area contributed by atoms with Crippen molar-refractivity contribution < 1.29 is 9.53 Å². The monoisotopic (exact) mass is 396 g/mol. The minimum atomic E-state index is 0.0569. The molecule has 6 nitrogen and oxygen atoms in total. The number of carbonyl (C=O) groups is 1. The van der Waals surface area contributed by atoms with Gasteiger partial charge in [0.25, 0.3) is 5.91 Å². The molecular weight excluding hydrogens is 372 g/mol. The lowest BCUT2D eigenvalue weighted by Gasteiger charge is -2.35. The number of carbonyl (C=O) groups excluding carboxylic acids is 1. The molecule has 0 aliphatic carbocycles. The third-order valence-electron chi connectivity index (χ3n) is 4.87. The lowest BCUT2D eigenvalue weighted by atomic mass is 10.2. The van der Waals surface area contributed by atoms with Crippen molar-refractivity contribution in [2.24, 2.45) is 7.05 Å². The van der Waals surface area contributed by atoms with E-state index in [0.29, 0.717) is 30.3 Å². The van der Waals surface area contributed by atoms with Crippen LogP contribution >= 0.6 is 11.3 Å². The summed E-state index contributed by atoms with van der Waals surface area (Å²) in [5.74, 6) is 0.743. The standard InChI is InChI=1S/C21H24N4O2S/c1-3-27-18-13-19(16-7-5-4-6-8-16)28-20(18)21(26)25-11-9-24(10-12-25)17-14-22-23(2)15-17/h4-8,13-15H,3,9-12H2,1-2H3. The van der Waals surface area contributed by atoms with Crippen molar-refractivity contribution in [1.29, 1.82) is 0 Å². The van der Waals surface area contributed by atoms with Gasteiger partial charge in [-0.25, -0.2) is 0 Å². The Balaban J connectivity index is 1.50. The van der Waals surface area contributed by atoms with Crippen LogP contribution in [0.4, 0.5) is 5.69 Å². The molecule has 0 radical (unpaired) electrons. The summed E-state index contributed by atoms with van der Waals surface area (Å²) >= 11 is 1.51. The number of benzene rings is 1. The number of aryl methyl sites for hydroxylation is 1. The van der Waals surface area contributed by atoms with Crippen LogP contribution in [0.25, 0.3) is 10.4 Å². The molecule has 7 heteroatoms. The molecule has 0 bridgehead atoms. The summed E-state index contributed by atoms with van der Waals surface area (Å²) in [5.41, 5.74) is 2.21. The van der Waals surface area contributed by atoms with Crippen LogP contribution in [0.2, 0.25) is 0 Å². The quantitative estimate of drug-likeness (QED) is 0.662. The first kappa shape index (κ1) is 18.6. The molecule has 1 amide bonds. The number of aromatic nitrogens is 2. The van der Waals surface area contributed by atoms with Gasteiger partial charge in [0.1, 0.15) is 10.6 Å². The second kappa shape index (κ2) is 8.06. The van der Waals surface area contributed by atoms with Crippen LogP contribution in [-0.2, 0) is 7.05 Å². The van der Waals surface area contributed by atoms with E-state index >= 15 is 0 Å². The number of piperazine rings is 1. The molecule has 3 aromatic rings. The minimum absolute atomic E-state index is 0.0569. The molecule has 0 spiro atoms. The normalized spacial score (nSPS) is 14.4.